The van der Waals surface area contributed by atoms with E-state index < -0.39 is 11.0 Å². The number of aromatic hydroxyl groups is 1. The van der Waals surface area contributed by atoms with Crippen molar-refractivity contribution in [3.8, 4) is 11.5 Å². The van der Waals surface area contributed by atoms with Crippen LogP contribution in [0.2, 0.25) is 0 Å². The summed E-state index contributed by atoms with van der Waals surface area (Å²) < 4.78 is 5.31. The van der Waals surface area contributed by atoms with Gasteiger partial charge in [-0.1, -0.05) is 18.2 Å². The molecule has 1 fully saturated rings. The predicted octanol–water partition coefficient (Wildman–Crippen LogP) is 1.98. The summed E-state index contributed by atoms with van der Waals surface area (Å²) in [5, 5.41) is 22.4. The van der Waals surface area contributed by atoms with Crippen LogP contribution in [0.5, 0.6) is 11.5 Å². The highest BCUT2D eigenvalue weighted by Crippen LogP contribution is 2.58. The summed E-state index contributed by atoms with van der Waals surface area (Å²) in [6, 6.07) is 3.98. The molecule has 0 spiro atoms. The number of fused-ring (bicyclic) bond motifs is 1. The van der Waals surface area contributed by atoms with E-state index in [9.17, 15) is 10.2 Å². The summed E-state index contributed by atoms with van der Waals surface area (Å²) in [7, 11) is 3.67. The van der Waals surface area contributed by atoms with Crippen molar-refractivity contribution in [2.45, 2.75) is 42.7 Å². The number of phenolic OH excluding ortho intramolecular Hbond substituents is 1. The summed E-state index contributed by atoms with van der Waals surface area (Å²) in [5.74, 6) is 0.694. The van der Waals surface area contributed by atoms with Gasteiger partial charge < -0.3 is 19.8 Å². The lowest BCUT2D eigenvalue weighted by molar-refractivity contribution is -0.132. The molecule has 3 aliphatic rings. The van der Waals surface area contributed by atoms with E-state index in [1.807, 2.05) is 12.1 Å². The average Bonchev–Trinajstić information content (AvgIpc) is 2.51. The molecule has 0 radical (unpaired) electrons. The van der Waals surface area contributed by atoms with Crippen LogP contribution in [0, 0.1) is 0 Å². The lowest BCUT2D eigenvalue weighted by Crippen LogP contribution is -2.70. The Kier molecular flexibility index (Phi) is 2.88. The highest BCUT2D eigenvalue weighted by molar-refractivity contribution is 5.60. The molecular formula is C18H23NO3. The first-order valence-electron chi connectivity index (χ1n) is 8.03. The summed E-state index contributed by atoms with van der Waals surface area (Å²) in [6.07, 6.45) is 7.53. The Morgan fingerprint density at radius 2 is 2.14 bits per heavy atom. The number of ether oxygens (including phenoxy) is 1. The molecule has 2 N–H and O–H groups in total. The van der Waals surface area contributed by atoms with E-state index in [0.717, 1.165) is 43.4 Å². The average molecular weight is 301 g/mol. The van der Waals surface area contributed by atoms with Gasteiger partial charge in [-0.25, -0.2) is 0 Å². The number of phenols is 1. The van der Waals surface area contributed by atoms with Crippen molar-refractivity contribution in [1.82, 2.24) is 4.90 Å². The molecule has 2 bridgehead atoms. The van der Waals surface area contributed by atoms with Crippen molar-refractivity contribution in [3.05, 3.63) is 35.4 Å². The Morgan fingerprint density at radius 3 is 2.91 bits per heavy atom. The molecule has 1 heterocycles. The Morgan fingerprint density at radius 1 is 1.32 bits per heavy atom. The van der Waals surface area contributed by atoms with Crippen molar-refractivity contribution >= 4 is 0 Å². The van der Waals surface area contributed by atoms with Crippen molar-refractivity contribution in [2.24, 2.45) is 0 Å². The number of hydrogen-bond acceptors (Lipinski definition) is 4. The van der Waals surface area contributed by atoms with Gasteiger partial charge in [-0.05, 0) is 50.9 Å². The second-order valence-corrected chi connectivity index (χ2v) is 6.94. The van der Waals surface area contributed by atoms with Crippen LogP contribution in [0.4, 0.5) is 0 Å². The first kappa shape index (κ1) is 14.1. The first-order valence-corrected chi connectivity index (χ1v) is 8.03. The third-order valence-electron chi connectivity index (χ3n) is 6.12. The maximum absolute atomic E-state index is 11.6. The van der Waals surface area contributed by atoms with E-state index >= 15 is 0 Å². The van der Waals surface area contributed by atoms with Gasteiger partial charge in [0.25, 0.3) is 0 Å². The maximum Gasteiger partial charge on any atom is 0.162 e. The normalized spacial score (nSPS) is 36.6. The number of piperidine rings is 1. The smallest absolute Gasteiger partial charge is 0.162 e. The van der Waals surface area contributed by atoms with E-state index in [-0.39, 0.29) is 11.8 Å². The number of likely N-dealkylation sites (tertiary alicyclic amines) is 1. The molecule has 1 aromatic carbocycles. The molecule has 2 aliphatic carbocycles. The highest BCUT2D eigenvalue weighted by atomic mass is 16.5. The summed E-state index contributed by atoms with van der Waals surface area (Å²) >= 11 is 0. The number of methoxy groups -OCH3 is 1. The molecule has 0 amide bonds. The fourth-order valence-corrected chi connectivity index (χ4v) is 5.00. The van der Waals surface area contributed by atoms with Crippen LogP contribution in [0.1, 0.15) is 30.4 Å². The van der Waals surface area contributed by atoms with Crippen molar-refractivity contribution < 1.29 is 14.9 Å². The summed E-state index contributed by atoms with van der Waals surface area (Å²) in [5.41, 5.74) is 0.709. The lowest BCUT2D eigenvalue weighted by atomic mass is 9.51. The zero-order valence-corrected chi connectivity index (χ0v) is 13.2. The molecule has 1 unspecified atom stereocenters. The zero-order valence-electron chi connectivity index (χ0n) is 13.2. The van der Waals surface area contributed by atoms with Gasteiger partial charge in [-0.15, -0.1) is 0 Å². The number of allylic oxidation sites excluding steroid dienone is 1. The van der Waals surface area contributed by atoms with Gasteiger partial charge in [0.15, 0.2) is 11.5 Å². The maximum atomic E-state index is 11.6. The minimum absolute atomic E-state index is 0.103. The van der Waals surface area contributed by atoms with E-state index in [1.165, 1.54) is 0 Å². The minimum Gasteiger partial charge on any atom is -0.504 e. The standard InChI is InChI=1S/C18H23NO3/c1-19-10-9-17-7-3-4-8-18(17,21)14(19)11-12-5-6-13(22-2)16(20)15(12)17/h3,5-7,14,20-21H,4,8-11H2,1-2H3/t14-,17+,18?/m1/s1. The van der Waals surface area contributed by atoms with Crippen molar-refractivity contribution in [3.63, 3.8) is 0 Å². The van der Waals surface area contributed by atoms with E-state index in [4.69, 9.17) is 4.74 Å². The SMILES string of the molecule is COc1ccc2c(c1O)[C@@]13C=CCCC1(O)[C@@H](C2)N(C)CC3. The largest absolute Gasteiger partial charge is 0.504 e. The molecule has 4 nitrogen and oxygen atoms in total. The van der Waals surface area contributed by atoms with Gasteiger partial charge in [0.1, 0.15) is 0 Å². The van der Waals surface area contributed by atoms with E-state index in [2.05, 4.69) is 24.1 Å². The van der Waals surface area contributed by atoms with Gasteiger partial charge in [0.2, 0.25) is 0 Å². The minimum atomic E-state index is -0.814. The van der Waals surface area contributed by atoms with Crippen LogP contribution in [0.25, 0.3) is 0 Å². The zero-order chi connectivity index (χ0) is 15.5. The van der Waals surface area contributed by atoms with Crippen LogP contribution in [-0.4, -0.2) is 47.5 Å². The van der Waals surface area contributed by atoms with Crippen LogP contribution in [0.3, 0.4) is 0 Å². The van der Waals surface area contributed by atoms with Gasteiger partial charge in [0, 0.05) is 17.0 Å². The Bertz CT molecular complexity index is 656. The van der Waals surface area contributed by atoms with Crippen molar-refractivity contribution in [2.75, 3.05) is 20.7 Å². The van der Waals surface area contributed by atoms with Gasteiger partial charge in [-0.2, -0.15) is 0 Å². The van der Waals surface area contributed by atoms with Crippen LogP contribution >= 0.6 is 0 Å². The molecule has 118 valence electrons. The Labute approximate surface area is 131 Å². The number of likely N-dealkylation sites (N-methyl/N-ethyl adjacent to an activating group) is 1. The molecule has 1 aromatic rings. The monoisotopic (exact) mass is 301 g/mol. The van der Waals surface area contributed by atoms with Gasteiger partial charge in [0.05, 0.1) is 12.7 Å². The van der Waals surface area contributed by atoms with Crippen molar-refractivity contribution in [1.29, 1.82) is 0 Å². The molecular weight excluding hydrogens is 278 g/mol. The number of aliphatic hydroxyl groups is 1. The number of benzene rings is 1. The van der Waals surface area contributed by atoms with Gasteiger partial charge in [-0.3, -0.25) is 0 Å². The molecule has 0 aromatic heterocycles. The molecule has 1 saturated heterocycles. The third-order valence-corrected chi connectivity index (χ3v) is 6.12. The van der Waals surface area contributed by atoms with Gasteiger partial charge >= 0.3 is 0 Å². The third kappa shape index (κ3) is 1.49. The first-order chi connectivity index (χ1) is 10.5. The second kappa shape index (κ2) is 4.49. The molecule has 3 atom stereocenters. The highest BCUT2D eigenvalue weighted by Gasteiger charge is 2.62. The number of nitrogens with zero attached hydrogens (tertiary/aromatic N) is 1. The molecule has 1 aliphatic heterocycles. The fourth-order valence-electron chi connectivity index (χ4n) is 5.00. The summed E-state index contributed by atoms with van der Waals surface area (Å²) in [6.45, 7) is 0.924. The molecule has 4 rings (SSSR count). The molecule has 22 heavy (non-hydrogen) atoms. The second-order valence-electron chi connectivity index (χ2n) is 6.94. The van der Waals surface area contributed by atoms with E-state index in [1.54, 1.807) is 7.11 Å². The topological polar surface area (TPSA) is 52.9 Å². The van der Waals surface area contributed by atoms with Crippen LogP contribution < -0.4 is 4.74 Å². The fraction of sp³-hybridized carbons (Fsp3) is 0.556. The number of rotatable bonds is 1. The Balaban J connectivity index is 2.03. The lowest BCUT2D eigenvalue weighted by Gasteiger charge is -2.61. The quantitative estimate of drug-likeness (QED) is 0.779. The van der Waals surface area contributed by atoms with Crippen LogP contribution in [-0.2, 0) is 11.8 Å². The Hall–Kier alpha value is -1.52. The predicted molar refractivity (Wildman–Crippen MR) is 84.4 cm³/mol. The summed E-state index contributed by atoms with van der Waals surface area (Å²) in [4.78, 5) is 2.28. The van der Waals surface area contributed by atoms with Crippen LogP contribution in [0.15, 0.2) is 24.3 Å². The van der Waals surface area contributed by atoms with E-state index in [0.29, 0.717) is 5.75 Å². The molecule has 4 heteroatoms. The molecule has 0 saturated carbocycles. The number of hydrogen-bond donors (Lipinski definition) is 2.